The van der Waals surface area contributed by atoms with Gasteiger partial charge in [-0.1, -0.05) is 60.8 Å². The van der Waals surface area contributed by atoms with E-state index in [9.17, 15) is 19.2 Å². The molecule has 1 aliphatic carbocycles. The van der Waals surface area contributed by atoms with Crippen LogP contribution in [0.2, 0.25) is 5.02 Å². The summed E-state index contributed by atoms with van der Waals surface area (Å²) in [5.74, 6) is -1.65. The standard InChI is InChI=1S/C37H36ClN3O5S2/c1-23(33(42)41-36-32(37(45)46-2)29-18-8-3-4-9-19-31(29)48-36)47-28-17-11-16-27(22-28)39-35(44)30(21-24-12-10-15-26(38)20-24)40-34(43)25-13-6-5-7-14-25/h5-7,10-17,20-23H,3-4,8-9,18-19H2,1-2H3,(H,39,44)(H,40,43)(H,41,42)/b30-21-. The Morgan fingerprint density at radius 2 is 1.65 bits per heavy atom. The van der Waals surface area contributed by atoms with Gasteiger partial charge in [0.25, 0.3) is 11.8 Å². The summed E-state index contributed by atoms with van der Waals surface area (Å²) >= 11 is 8.95. The zero-order valence-corrected chi connectivity index (χ0v) is 29.0. The fraction of sp³-hybridized carbons (Fsp3) is 0.243. The van der Waals surface area contributed by atoms with Crippen molar-refractivity contribution in [2.24, 2.45) is 0 Å². The topological polar surface area (TPSA) is 114 Å². The summed E-state index contributed by atoms with van der Waals surface area (Å²) in [5, 5.41) is 9.09. The van der Waals surface area contributed by atoms with Gasteiger partial charge in [0.2, 0.25) is 5.91 Å². The van der Waals surface area contributed by atoms with Crippen molar-refractivity contribution in [2.75, 3.05) is 17.7 Å². The quantitative estimate of drug-likeness (QED) is 0.0870. The van der Waals surface area contributed by atoms with Crippen LogP contribution in [-0.2, 0) is 27.2 Å². The highest BCUT2D eigenvalue weighted by atomic mass is 35.5. The molecular weight excluding hydrogens is 666 g/mol. The number of thioether (sulfide) groups is 1. The molecule has 0 aliphatic heterocycles. The lowest BCUT2D eigenvalue weighted by atomic mass is 9.96. The third-order valence-corrected chi connectivity index (χ3v) is 10.3. The van der Waals surface area contributed by atoms with Crippen molar-refractivity contribution in [1.82, 2.24) is 5.32 Å². The lowest BCUT2D eigenvalue weighted by Crippen LogP contribution is -2.30. The van der Waals surface area contributed by atoms with E-state index in [1.807, 2.05) is 6.07 Å². The smallest absolute Gasteiger partial charge is 0.341 e. The molecule has 3 N–H and O–H groups in total. The monoisotopic (exact) mass is 701 g/mol. The van der Waals surface area contributed by atoms with Crippen LogP contribution in [0.1, 0.15) is 69.3 Å². The van der Waals surface area contributed by atoms with E-state index in [4.69, 9.17) is 16.3 Å². The largest absolute Gasteiger partial charge is 0.465 e. The van der Waals surface area contributed by atoms with E-state index in [1.54, 1.807) is 85.8 Å². The summed E-state index contributed by atoms with van der Waals surface area (Å²) in [6.45, 7) is 1.79. The highest BCUT2D eigenvalue weighted by Gasteiger charge is 2.27. The number of carbonyl (C=O) groups excluding carboxylic acids is 4. The Bertz CT molecular complexity index is 1840. The van der Waals surface area contributed by atoms with Crippen LogP contribution in [0.25, 0.3) is 6.08 Å². The summed E-state index contributed by atoms with van der Waals surface area (Å²) < 4.78 is 5.10. The Morgan fingerprint density at radius 3 is 2.40 bits per heavy atom. The van der Waals surface area contributed by atoms with E-state index in [1.165, 1.54) is 30.2 Å². The molecule has 248 valence electrons. The zero-order valence-electron chi connectivity index (χ0n) is 26.6. The molecule has 1 atom stereocenters. The molecule has 0 saturated carbocycles. The zero-order chi connectivity index (χ0) is 34.0. The maximum atomic E-state index is 13.5. The Hall–Kier alpha value is -4.38. The van der Waals surface area contributed by atoms with E-state index in [0.717, 1.165) is 53.9 Å². The van der Waals surface area contributed by atoms with Gasteiger partial charge in [-0.15, -0.1) is 23.1 Å². The molecule has 5 rings (SSSR count). The molecule has 1 aromatic heterocycles. The number of fused-ring (bicyclic) bond motifs is 1. The van der Waals surface area contributed by atoms with Gasteiger partial charge in [0.05, 0.1) is 17.9 Å². The second-order valence-corrected chi connectivity index (χ2v) is 14.2. The summed E-state index contributed by atoms with van der Waals surface area (Å²) in [7, 11) is 1.36. The van der Waals surface area contributed by atoms with Gasteiger partial charge in [-0.3, -0.25) is 14.4 Å². The van der Waals surface area contributed by atoms with E-state index >= 15 is 0 Å². The first-order valence-corrected chi connectivity index (χ1v) is 17.7. The summed E-state index contributed by atoms with van der Waals surface area (Å²) in [5.41, 5.74) is 3.02. The number of carbonyl (C=O) groups is 4. The number of anilines is 2. The van der Waals surface area contributed by atoms with Crippen LogP contribution in [0.4, 0.5) is 10.7 Å². The van der Waals surface area contributed by atoms with E-state index in [2.05, 4.69) is 16.0 Å². The van der Waals surface area contributed by atoms with Crippen molar-refractivity contribution < 1.29 is 23.9 Å². The fourth-order valence-electron chi connectivity index (χ4n) is 5.35. The van der Waals surface area contributed by atoms with Gasteiger partial charge in [-0.2, -0.15) is 0 Å². The van der Waals surface area contributed by atoms with Gasteiger partial charge in [0.15, 0.2) is 0 Å². The van der Waals surface area contributed by atoms with Crippen molar-refractivity contribution in [3.63, 3.8) is 0 Å². The number of nitrogens with one attached hydrogen (secondary N) is 3. The van der Waals surface area contributed by atoms with Gasteiger partial charge in [-0.05, 0) is 92.3 Å². The van der Waals surface area contributed by atoms with Crippen molar-refractivity contribution >= 4 is 75.2 Å². The molecule has 11 heteroatoms. The number of halogens is 1. The first-order valence-electron chi connectivity index (χ1n) is 15.7. The maximum Gasteiger partial charge on any atom is 0.341 e. The number of benzene rings is 3. The number of rotatable bonds is 10. The lowest BCUT2D eigenvalue weighted by molar-refractivity contribution is -0.115. The molecule has 4 aromatic rings. The van der Waals surface area contributed by atoms with Crippen LogP contribution < -0.4 is 16.0 Å². The van der Waals surface area contributed by atoms with Crippen LogP contribution in [-0.4, -0.2) is 36.1 Å². The summed E-state index contributed by atoms with van der Waals surface area (Å²) in [6.07, 6.45) is 7.56. The molecule has 1 aliphatic rings. The van der Waals surface area contributed by atoms with Crippen LogP contribution in [0.3, 0.4) is 0 Å². The number of thiophene rings is 1. The number of methoxy groups -OCH3 is 1. The van der Waals surface area contributed by atoms with E-state index in [-0.39, 0.29) is 11.6 Å². The Balaban J connectivity index is 1.30. The summed E-state index contributed by atoms with van der Waals surface area (Å²) in [6, 6.07) is 22.7. The number of aryl methyl sites for hydroxylation is 1. The molecule has 1 unspecified atom stereocenters. The van der Waals surface area contributed by atoms with E-state index in [0.29, 0.717) is 32.4 Å². The van der Waals surface area contributed by atoms with Gasteiger partial charge in [0.1, 0.15) is 10.7 Å². The van der Waals surface area contributed by atoms with Crippen molar-refractivity contribution in [1.29, 1.82) is 0 Å². The second-order valence-electron chi connectivity index (χ2n) is 11.3. The second kappa shape index (κ2) is 16.6. The SMILES string of the molecule is COC(=O)c1c(NC(=O)C(C)Sc2cccc(NC(=O)/C(=C/c3cccc(Cl)c3)NC(=O)c3ccccc3)c2)sc2c1CCCCCC2. The van der Waals surface area contributed by atoms with E-state index < -0.39 is 23.0 Å². The van der Waals surface area contributed by atoms with Crippen molar-refractivity contribution in [2.45, 2.75) is 55.6 Å². The molecule has 48 heavy (non-hydrogen) atoms. The third kappa shape index (κ3) is 9.15. The van der Waals surface area contributed by atoms with Crippen LogP contribution in [0.5, 0.6) is 0 Å². The highest BCUT2D eigenvalue weighted by Crippen LogP contribution is 2.38. The molecule has 3 aromatic carbocycles. The fourth-order valence-corrected chi connectivity index (χ4v) is 7.75. The summed E-state index contributed by atoms with van der Waals surface area (Å²) in [4.78, 5) is 54.6. The van der Waals surface area contributed by atoms with Crippen molar-refractivity contribution in [3.05, 3.63) is 117 Å². The van der Waals surface area contributed by atoms with Crippen LogP contribution >= 0.6 is 34.7 Å². The molecule has 0 radical (unpaired) electrons. The Labute approximate surface area is 293 Å². The lowest BCUT2D eigenvalue weighted by Gasteiger charge is -2.14. The highest BCUT2D eigenvalue weighted by molar-refractivity contribution is 8.00. The minimum Gasteiger partial charge on any atom is -0.465 e. The van der Waals surface area contributed by atoms with Gasteiger partial charge < -0.3 is 20.7 Å². The first-order chi connectivity index (χ1) is 23.2. The minimum absolute atomic E-state index is 0.0309. The third-order valence-electron chi connectivity index (χ3n) is 7.76. The van der Waals surface area contributed by atoms with Gasteiger partial charge in [-0.25, -0.2) is 4.79 Å². The Morgan fingerprint density at radius 1 is 0.896 bits per heavy atom. The molecule has 0 saturated heterocycles. The number of amides is 3. The molecule has 0 bridgehead atoms. The normalized spacial score (nSPS) is 13.7. The van der Waals surface area contributed by atoms with Crippen LogP contribution in [0.15, 0.2) is 89.5 Å². The molecule has 8 nitrogen and oxygen atoms in total. The van der Waals surface area contributed by atoms with Crippen LogP contribution in [0, 0.1) is 0 Å². The maximum absolute atomic E-state index is 13.5. The Kier molecular flexibility index (Phi) is 12.1. The molecule has 1 heterocycles. The first kappa shape index (κ1) is 34.9. The van der Waals surface area contributed by atoms with Gasteiger partial charge in [0, 0.05) is 26.0 Å². The molecule has 3 amide bonds. The predicted molar refractivity (Wildman–Crippen MR) is 194 cm³/mol. The average molecular weight is 702 g/mol. The number of hydrogen-bond acceptors (Lipinski definition) is 7. The molecule has 0 spiro atoms. The minimum atomic E-state index is -0.532. The number of ether oxygens (including phenoxy) is 1. The predicted octanol–water partition coefficient (Wildman–Crippen LogP) is 8.38. The van der Waals surface area contributed by atoms with Gasteiger partial charge >= 0.3 is 5.97 Å². The molecule has 0 fully saturated rings. The molecular formula is C37H36ClN3O5S2. The number of esters is 1. The number of hydrogen-bond donors (Lipinski definition) is 3. The van der Waals surface area contributed by atoms with Crippen molar-refractivity contribution in [3.8, 4) is 0 Å². The average Bonchev–Trinajstić information content (AvgIpc) is 3.39.